The highest BCUT2D eigenvalue weighted by Crippen LogP contribution is 2.53. The lowest BCUT2D eigenvalue weighted by molar-refractivity contribution is -0.164. The molecule has 2 fully saturated rings. The van der Waals surface area contributed by atoms with Gasteiger partial charge in [0.15, 0.2) is 0 Å². The molecule has 6 rings (SSSR count). The summed E-state index contributed by atoms with van der Waals surface area (Å²) in [4.78, 5) is 70.9. The van der Waals surface area contributed by atoms with Crippen molar-refractivity contribution < 1.29 is 28.7 Å². The molecule has 2 aromatic carbocycles. The predicted octanol–water partition coefficient (Wildman–Crippen LogP) is 18.1. The summed E-state index contributed by atoms with van der Waals surface area (Å²) in [5.74, 6) is 0.0534. The van der Waals surface area contributed by atoms with E-state index in [1.165, 1.54) is 0 Å². The zero-order valence-electron chi connectivity index (χ0n) is 53.9. The van der Waals surface area contributed by atoms with E-state index in [1.807, 2.05) is 87.5 Å². The molecule has 4 unspecified atom stereocenters. The lowest BCUT2D eigenvalue weighted by Gasteiger charge is -2.50. The second-order valence-electron chi connectivity index (χ2n) is 29.3. The third-order valence-corrected chi connectivity index (χ3v) is 19.8. The van der Waals surface area contributed by atoms with Crippen LogP contribution >= 0.6 is 0 Å². The molecule has 3 aliphatic rings. The molecule has 1 aromatic heterocycles. The summed E-state index contributed by atoms with van der Waals surface area (Å²) in [6.45, 7) is 43.9. The summed E-state index contributed by atoms with van der Waals surface area (Å²) in [5.41, 5.74) is 1.60. The number of allylic oxidation sites excluding steroid dienone is 1. The monoisotopic (exact) mass is 1110 g/mol. The molecule has 0 saturated heterocycles. The van der Waals surface area contributed by atoms with Crippen LogP contribution in [0.5, 0.6) is 0 Å². The Labute approximate surface area is 489 Å². The first kappa shape index (κ1) is 64.9. The van der Waals surface area contributed by atoms with Gasteiger partial charge in [-0.05, 0) is 115 Å². The van der Waals surface area contributed by atoms with Crippen LogP contribution in [0, 0.1) is 68.0 Å². The Bertz CT molecular complexity index is 2710. The average molecular weight is 1110 g/mol. The SMILES string of the molecule is CCCCC(CC)(CC)C(=O)NC1=NC(=Cc2[nH]c(NC(=O)C(CC)(CC)CC)c(C(=O)OC3C(C(C)(C)C)CC(C)CC3C(C)(C)C)c2-c2ccccc2)C(c2ccccc2)=C1C(=O)OC1C(C(C)(C)C)CC(C)CC1C(C)(C)C. The van der Waals surface area contributed by atoms with Gasteiger partial charge in [-0.25, -0.2) is 14.6 Å². The molecular weight excluding hydrogens is 1000 g/mol. The number of amidine groups is 1. The Morgan fingerprint density at radius 1 is 0.568 bits per heavy atom. The summed E-state index contributed by atoms with van der Waals surface area (Å²) < 4.78 is 14.2. The van der Waals surface area contributed by atoms with Crippen LogP contribution in [-0.2, 0) is 23.9 Å². The number of carbonyl (C=O) groups excluding carboxylic acids is 4. The predicted molar refractivity (Wildman–Crippen MR) is 335 cm³/mol. The van der Waals surface area contributed by atoms with Crippen molar-refractivity contribution in [2.24, 2.45) is 73.0 Å². The van der Waals surface area contributed by atoms with E-state index in [-0.39, 0.29) is 79.9 Å². The molecule has 81 heavy (non-hydrogen) atoms. The maximum absolute atomic E-state index is 16.0. The van der Waals surface area contributed by atoms with E-state index in [9.17, 15) is 4.79 Å². The molecule has 4 atom stereocenters. The van der Waals surface area contributed by atoms with Gasteiger partial charge < -0.3 is 25.1 Å². The van der Waals surface area contributed by atoms with E-state index in [2.05, 4.69) is 133 Å². The number of hydrogen-bond acceptors (Lipinski definition) is 7. The molecule has 1 aliphatic heterocycles. The smallest absolute Gasteiger partial charge is 0.342 e. The van der Waals surface area contributed by atoms with Gasteiger partial charge in [0.2, 0.25) is 11.8 Å². The molecule has 0 bridgehead atoms. The molecule has 0 spiro atoms. The Morgan fingerprint density at radius 3 is 1.38 bits per heavy atom. The van der Waals surface area contributed by atoms with Gasteiger partial charge >= 0.3 is 11.9 Å². The summed E-state index contributed by atoms with van der Waals surface area (Å²) in [6, 6.07) is 19.5. The number of benzene rings is 2. The minimum absolute atomic E-state index is 0.0591. The highest BCUT2D eigenvalue weighted by Gasteiger charge is 2.51. The number of rotatable bonds is 18. The van der Waals surface area contributed by atoms with Gasteiger partial charge in [0.1, 0.15) is 35.0 Å². The molecule has 0 radical (unpaired) electrons. The number of aromatic nitrogens is 1. The Morgan fingerprint density at radius 2 is 0.975 bits per heavy atom. The summed E-state index contributed by atoms with van der Waals surface area (Å²) in [6.07, 6.45) is 10.2. The highest BCUT2D eigenvalue weighted by molar-refractivity contribution is 6.32. The standard InChI is InChI=1S/C71H106N4O6/c1-21-27-38-71(25-5,26-6)65(79)75-61-57(63(77)81-59-50(68(15,16)17)41-45(8)42-51(59)69(18,19)20)55(47-36-32-29-33-37-47)53(73-61)43-52-54(46-34-30-28-31-35-46)56(60(72-52)74-64(78)70(22-2,23-3)24-4)62(76)80-58-48(66(9,10)11)39-44(7)40-49(58)67(12,13)14/h28-37,43-45,48-51,58-59,72H,21-27,38-42H2,1-20H3,(H,74,78)(H,73,75,79). The van der Waals surface area contributed by atoms with Crippen LogP contribution in [0.2, 0.25) is 0 Å². The zero-order chi connectivity index (χ0) is 60.2. The second kappa shape index (κ2) is 25.7. The van der Waals surface area contributed by atoms with Gasteiger partial charge in [-0.1, -0.05) is 212 Å². The third-order valence-electron chi connectivity index (χ3n) is 19.8. The van der Waals surface area contributed by atoms with Crippen molar-refractivity contribution in [1.29, 1.82) is 0 Å². The van der Waals surface area contributed by atoms with Gasteiger partial charge in [0.05, 0.1) is 11.4 Å². The maximum Gasteiger partial charge on any atom is 0.342 e. The van der Waals surface area contributed by atoms with Gasteiger partial charge in [-0.15, -0.1) is 0 Å². The van der Waals surface area contributed by atoms with Crippen LogP contribution in [0.3, 0.4) is 0 Å². The molecular formula is C71H106N4O6. The molecule has 2 heterocycles. The van der Waals surface area contributed by atoms with E-state index < -0.39 is 35.0 Å². The van der Waals surface area contributed by atoms with Gasteiger partial charge in [0, 0.05) is 45.6 Å². The Balaban J connectivity index is 1.70. The third kappa shape index (κ3) is 14.2. The number of esters is 2. The fourth-order valence-corrected chi connectivity index (χ4v) is 14.1. The van der Waals surface area contributed by atoms with E-state index in [4.69, 9.17) is 14.5 Å². The lowest BCUT2D eigenvalue weighted by Crippen LogP contribution is -2.50. The van der Waals surface area contributed by atoms with E-state index in [1.54, 1.807) is 0 Å². The van der Waals surface area contributed by atoms with Crippen LogP contribution in [0.15, 0.2) is 76.9 Å². The van der Waals surface area contributed by atoms with Crippen molar-refractivity contribution >= 4 is 47.1 Å². The Hall–Kier alpha value is -5.25. The Kier molecular flexibility index (Phi) is 20.6. The number of carbonyl (C=O) groups is 4. The molecule has 2 saturated carbocycles. The second-order valence-corrected chi connectivity index (χ2v) is 29.3. The van der Waals surface area contributed by atoms with Crippen LogP contribution in [0.25, 0.3) is 22.8 Å². The molecule has 10 nitrogen and oxygen atoms in total. The van der Waals surface area contributed by atoms with Gasteiger partial charge in [0.25, 0.3) is 0 Å². The number of amides is 2. The maximum atomic E-state index is 16.0. The lowest BCUT2D eigenvalue weighted by atomic mass is 9.59. The summed E-state index contributed by atoms with van der Waals surface area (Å²) in [5, 5.41) is 6.59. The number of H-pyrrole nitrogens is 1. The zero-order valence-corrected chi connectivity index (χ0v) is 53.9. The molecule has 3 aromatic rings. The number of unbranched alkanes of at least 4 members (excludes halogenated alkanes) is 1. The number of nitrogens with one attached hydrogen (secondary N) is 3. The fraction of sp³-hybridized carbons (Fsp3) is 0.648. The quantitative estimate of drug-likeness (QED) is 0.108. The first-order valence-electron chi connectivity index (χ1n) is 31.3. The number of aliphatic imine (C=N–C) groups is 1. The van der Waals surface area contributed by atoms with E-state index in [0.29, 0.717) is 78.5 Å². The van der Waals surface area contributed by atoms with Crippen molar-refractivity contribution in [2.75, 3.05) is 5.32 Å². The topological polar surface area (TPSA) is 139 Å². The van der Waals surface area contributed by atoms with Crippen molar-refractivity contribution in [3.8, 4) is 11.1 Å². The number of anilines is 1. The highest BCUT2D eigenvalue weighted by atomic mass is 16.5. The first-order valence-corrected chi connectivity index (χ1v) is 31.3. The van der Waals surface area contributed by atoms with E-state index in [0.717, 1.165) is 44.1 Å². The fourth-order valence-electron chi connectivity index (χ4n) is 14.1. The average Bonchev–Trinajstić information content (AvgIpc) is 4.00. The van der Waals surface area contributed by atoms with Crippen molar-refractivity contribution in [3.05, 3.63) is 88.8 Å². The largest absolute Gasteiger partial charge is 0.458 e. The molecule has 10 heteroatoms. The normalized spacial score (nSPS) is 23.8. The molecule has 2 aliphatic carbocycles. The molecule has 3 N–H and O–H groups in total. The van der Waals surface area contributed by atoms with Crippen LogP contribution in [0.1, 0.15) is 237 Å². The molecule has 446 valence electrons. The number of aromatic amines is 1. The number of hydrogen-bond donors (Lipinski definition) is 3. The van der Waals surface area contributed by atoms with E-state index >= 15 is 14.4 Å². The minimum Gasteiger partial charge on any atom is -0.458 e. The van der Waals surface area contributed by atoms with Gasteiger partial charge in [-0.2, -0.15) is 0 Å². The van der Waals surface area contributed by atoms with Crippen molar-refractivity contribution in [2.45, 2.75) is 228 Å². The molecule has 2 amide bonds. The minimum atomic E-state index is -0.706. The van der Waals surface area contributed by atoms with Gasteiger partial charge in [-0.3, -0.25) is 9.59 Å². The van der Waals surface area contributed by atoms with Crippen LogP contribution in [-0.4, -0.2) is 46.8 Å². The van der Waals surface area contributed by atoms with Crippen molar-refractivity contribution in [1.82, 2.24) is 10.3 Å². The number of ether oxygens (including phenoxy) is 2. The van der Waals surface area contributed by atoms with Crippen molar-refractivity contribution in [3.63, 3.8) is 0 Å². The first-order chi connectivity index (χ1) is 37.8. The summed E-state index contributed by atoms with van der Waals surface area (Å²) >= 11 is 0. The van der Waals surface area contributed by atoms with Crippen LogP contribution < -0.4 is 10.6 Å². The summed E-state index contributed by atoms with van der Waals surface area (Å²) in [7, 11) is 0. The van der Waals surface area contributed by atoms with Crippen LogP contribution in [0.4, 0.5) is 5.82 Å². The number of nitrogens with zero attached hydrogens (tertiary/aromatic N) is 1.